The Morgan fingerprint density at radius 1 is 1.15 bits per heavy atom. The van der Waals surface area contributed by atoms with Gasteiger partial charge >= 0.3 is 0 Å². The van der Waals surface area contributed by atoms with Crippen molar-refractivity contribution >= 4 is 21.6 Å². The highest BCUT2D eigenvalue weighted by Crippen LogP contribution is 2.17. The van der Waals surface area contributed by atoms with Gasteiger partial charge in [0.1, 0.15) is 5.82 Å². The molecule has 0 spiro atoms. The van der Waals surface area contributed by atoms with Crippen molar-refractivity contribution in [1.82, 2.24) is 4.72 Å². The van der Waals surface area contributed by atoms with Crippen molar-refractivity contribution in [2.45, 2.75) is 18.4 Å². The number of sulfonamides is 1. The van der Waals surface area contributed by atoms with Crippen molar-refractivity contribution in [1.29, 1.82) is 0 Å². The van der Waals surface area contributed by atoms with Crippen LogP contribution in [0.5, 0.6) is 0 Å². The zero-order chi connectivity index (χ0) is 14.8. The predicted octanol–water partition coefficient (Wildman–Crippen LogP) is 3.27. The number of benzene rings is 2. The van der Waals surface area contributed by atoms with Crippen LogP contribution < -0.4 is 4.72 Å². The zero-order valence-corrected chi connectivity index (χ0v) is 12.3. The highest BCUT2D eigenvalue weighted by atomic mass is 35.5. The number of nitrogens with one attached hydrogen (secondary N) is 1. The summed E-state index contributed by atoms with van der Waals surface area (Å²) in [5.41, 5.74) is 1.57. The van der Waals surface area contributed by atoms with Gasteiger partial charge in [-0.05, 0) is 36.8 Å². The molecule has 106 valence electrons. The Morgan fingerprint density at radius 3 is 2.40 bits per heavy atom. The second-order valence-electron chi connectivity index (χ2n) is 4.39. The fourth-order valence-corrected chi connectivity index (χ4v) is 2.85. The Balaban J connectivity index is 2.13. The molecule has 0 aliphatic carbocycles. The van der Waals surface area contributed by atoms with Crippen LogP contribution >= 0.6 is 11.6 Å². The van der Waals surface area contributed by atoms with Crippen LogP contribution in [0, 0.1) is 12.7 Å². The first-order valence-electron chi connectivity index (χ1n) is 5.89. The number of hydrogen-bond acceptors (Lipinski definition) is 2. The van der Waals surface area contributed by atoms with Gasteiger partial charge in [0.2, 0.25) is 10.0 Å². The SMILES string of the molecule is Cc1ccc(S(=O)(=O)NCc2ccc(F)c(Cl)c2)cc1. The maximum Gasteiger partial charge on any atom is 0.240 e. The van der Waals surface area contributed by atoms with Crippen molar-refractivity contribution in [2.75, 3.05) is 0 Å². The molecule has 0 aliphatic heterocycles. The molecule has 6 heteroatoms. The molecule has 2 rings (SSSR count). The third-order valence-corrected chi connectivity index (χ3v) is 4.49. The van der Waals surface area contributed by atoms with E-state index in [1.807, 2.05) is 6.92 Å². The maximum absolute atomic E-state index is 13.0. The van der Waals surface area contributed by atoms with Gasteiger partial charge in [-0.25, -0.2) is 17.5 Å². The minimum absolute atomic E-state index is 0.0305. The fourth-order valence-electron chi connectivity index (χ4n) is 1.63. The third kappa shape index (κ3) is 3.56. The molecule has 0 heterocycles. The lowest BCUT2D eigenvalue weighted by atomic mass is 10.2. The Hall–Kier alpha value is -1.43. The van der Waals surface area contributed by atoms with E-state index in [4.69, 9.17) is 11.6 Å². The first-order valence-corrected chi connectivity index (χ1v) is 7.75. The summed E-state index contributed by atoms with van der Waals surface area (Å²) in [6.07, 6.45) is 0. The molecule has 2 aromatic carbocycles. The molecule has 2 aromatic rings. The second-order valence-corrected chi connectivity index (χ2v) is 6.56. The van der Waals surface area contributed by atoms with Crippen molar-refractivity contribution < 1.29 is 12.8 Å². The molecule has 0 radical (unpaired) electrons. The van der Waals surface area contributed by atoms with E-state index in [0.717, 1.165) is 5.56 Å². The minimum atomic E-state index is -3.59. The second kappa shape index (κ2) is 5.91. The van der Waals surface area contributed by atoms with Crippen LogP contribution in [0.1, 0.15) is 11.1 Å². The summed E-state index contributed by atoms with van der Waals surface area (Å²) in [4.78, 5) is 0.191. The number of hydrogen-bond donors (Lipinski definition) is 1. The van der Waals surface area contributed by atoms with Crippen LogP contribution in [0.15, 0.2) is 47.4 Å². The highest BCUT2D eigenvalue weighted by molar-refractivity contribution is 7.89. The van der Waals surface area contributed by atoms with Gasteiger partial charge < -0.3 is 0 Å². The van der Waals surface area contributed by atoms with Crippen LogP contribution in [0.4, 0.5) is 4.39 Å². The molecule has 20 heavy (non-hydrogen) atoms. The van der Waals surface area contributed by atoms with Gasteiger partial charge in [0.05, 0.1) is 9.92 Å². The first-order chi connectivity index (χ1) is 9.38. The molecular formula is C14H13ClFNO2S. The van der Waals surface area contributed by atoms with Crippen LogP contribution in [0.3, 0.4) is 0 Å². The molecule has 0 aromatic heterocycles. The standard InChI is InChI=1S/C14H13ClFNO2S/c1-10-2-5-12(6-3-10)20(18,19)17-9-11-4-7-14(16)13(15)8-11/h2-8,17H,9H2,1H3. The number of rotatable bonds is 4. The van der Waals surface area contributed by atoms with Gasteiger partial charge in [0.15, 0.2) is 0 Å². The van der Waals surface area contributed by atoms with Crippen LogP contribution in [-0.2, 0) is 16.6 Å². The molecule has 0 fully saturated rings. The average Bonchev–Trinajstić information content (AvgIpc) is 2.41. The van der Waals surface area contributed by atoms with Crippen molar-refractivity contribution in [2.24, 2.45) is 0 Å². The van der Waals surface area contributed by atoms with E-state index < -0.39 is 15.8 Å². The molecule has 3 nitrogen and oxygen atoms in total. The third-order valence-electron chi connectivity index (χ3n) is 2.78. The largest absolute Gasteiger partial charge is 0.240 e. The van der Waals surface area contributed by atoms with E-state index >= 15 is 0 Å². The Morgan fingerprint density at radius 2 is 1.80 bits per heavy atom. The van der Waals surface area contributed by atoms with E-state index in [9.17, 15) is 12.8 Å². The lowest BCUT2D eigenvalue weighted by molar-refractivity contribution is 0.581. The van der Waals surface area contributed by atoms with Crippen molar-refractivity contribution in [3.05, 3.63) is 64.4 Å². The summed E-state index contributed by atoms with van der Waals surface area (Å²) in [5.74, 6) is -0.531. The first kappa shape index (κ1) is 15.0. The van der Waals surface area contributed by atoms with E-state index in [-0.39, 0.29) is 16.5 Å². The Bertz CT molecular complexity index is 714. The maximum atomic E-state index is 13.0. The molecule has 0 bridgehead atoms. The van der Waals surface area contributed by atoms with E-state index in [1.165, 1.54) is 30.3 Å². The van der Waals surface area contributed by atoms with Crippen molar-refractivity contribution in [3.63, 3.8) is 0 Å². The number of halogens is 2. The summed E-state index contributed by atoms with van der Waals surface area (Å²) in [6.45, 7) is 1.93. The van der Waals surface area contributed by atoms with Crippen LogP contribution in [-0.4, -0.2) is 8.42 Å². The fraction of sp³-hybridized carbons (Fsp3) is 0.143. The molecule has 1 N–H and O–H groups in total. The lowest BCUT2D eigenvalue weighted by Crippen LogP contribution is -2.23. The molecular weight excluding hydrogens is 301 g/mol. The Kier molecular flexibility index (Phi) is 4.42. The summed E-state index contributed by atoms with van der Waals surface area (Å²) in [5, 5.41) is -0.0305. The van der Waals surface area contributed by atoms with Gasteiger partial charge in [-0.1, -0.05) is 35.4 Å². The van der Waals surface area contributed by atoms with E-state index in [0.29, 0.717) is 5.56 Å². The van der Waals surface area contributed by atoms with E-state index in [1.54, 1.807) is 12.1 Å². The molecule has 0 saturated carbocycles. The van der Waals surface area contributed by atoms with Gasteiger partial charge in [0, 0.05) is 6.54 Å². The van der Waals surface area contributed by atoms with Crippen LogP contribution in [0.2, 0.25) is 5.02 Å². The summed E-state index contributed by atoms with van der Waals surface area (Å²) in [7, 11) is -3.59. The summed E-state index contributed by atoms with van der Waals surface area (Å²) < 4.78 is 39.6. The molecule has 0 amide bonds. The van der Waals surface area contributed by atoms with E-state index in [2.05, 4.69) is 4.72 Å². The van der Waals surface area contributed by atoms with Gasteiger partial charge in [-0.15, -0.1) is 0 Å². The van der Waals surface area contributed by atoms with Crippen LogP contribution in [0.25, 0.3) is 0 Å². The Labute approximate surface area is 122 Å². The molecule has 0 aliphatic rings. The van der Waals surface area contributed by atoms with Crippen molar-refractivity contribution in [3.8, 4) is 0 Å². The highest BCUT2D eigenvalue weighted by Gasteiger charge is 2.13. The molecule has 0 saturated heterocycles. The van der Waals surface area contributed by atoms with Gasteiger partial charge in [-0.2, -0.15) is 0 Å². The quantitative estimate of drug-likeness (QED) is 0.941. The normalized spacial score (nSPS) is 11.6. The zero-order valence-electron chi connectivity index (χ0n) is 10.7. The molecule has 0 unspecified atom stereocenters. The lowest BCUT2D eigenvalue weighted by Gasteiger charge is -2.07. The summed E-state index contributed by atoms with van der Waals surface area (Å²) in [6, 6.07) is 10.6. The molecule has 0 atom stereocenters. The van der Waals surface area contributed by atoms with Gasteiger partial charge in [-0.3, -0.25) is 0 Å². The summed E-state index contributed by atoms with van der Waals surface area (Å²) >= 11 is 5.65. The number of aryl methyl sites for hydroxylation is 1. The topological polar surface area (TPSA) is 46.2 Å². The average molecular weight is 314 g/mol. The predicted molar refractivity (Wildman–Crippen MR) is 76.6 cm³/mol. The van der Waals surface area contributed by atoms with Gasteiger partial charge in [0.25, 0.3) is 0 Å². The monoisotopic (exact) mass is 313 g/mol. The minimum Gasteiger partial charge on any atom is -0.207 e. The smallest absolute Gasteiger partial charge is 0.207 e.